The van der Waals surface area contributed by atoms with Gasteiger partial charge in [0, 0.05) is 5.56 Å². The Morgan fingerprint density at radius 1 is 1.15 bits per heavy atom. The van der Waals surface area contributed by atoms with E-state index < -0.39 is 8.32 Å². The lowest BCUT2D eigenvalue weighted by Gasteiger charge is -2.62. The zero-order valence-electron chi connectivity index (χ0n) is 20.9. The second kappa shape index (κ2) is 7.28. The molecule has 4 atom stereocenters. The molecule has 4 fully saturated rings. The molecule has 4 nitrogen and oxygen atoms in total. The Morgan fingerprint density at radius 3 is 2.55 bits per heavy atom. The van der Waals surface area contributed by atoms with Gasteiger partial charge in [-0.25, -0.2) is 4.98 Å². The molecule has 1 aromatic heterocycles. The first-order valence-electron chi connectivity index (χ1n) is 13.0. The highest BCUT2D eigenvalue weighted by Crippen LogP contribution is 2.63. The summed E-state index contributed by atoms with van der Waals surface area (Å²) in [5, 5.41) is 12.1. The summed E-state index contributed by atoms with van der Waals surface area (Å²) in [4.78, 5) is 4.42. The van der Waals surface area contributed by atoms with E-state index in [1.165, 1.54) is 36.1 Å². The Hall–Kier alpha value is -1.43. The van der Waals surface area contributed by atoms with E-state index in [9.17, 15) is 5.11 Å². The van der Waals surface area contributed by atoms with Crippen molar-refractivity contribution in [3.8, 4) is 11.3 Å². The maximum Gasteiger partial charge on any atom is 0.192 e. The highest BCUT2D eigenvalue weighted by atomic mass is 28.4. The predicted octanol–water partition coefficient (Wildman–Crippen LogP) is 6.42. The first-order valence-corrected chi connectivity index (χ1v) is 16.0. The van der Waals surface area contributed by atoms with Crippen LogP contribution >= 0.6 is 0 Å². The van der Waals surface area contributed by atoms with Gasteiger partial charge < -0.3 is 14.1 Å². The Balaban J connectivity index is 1.24. The number of hydrogen-bond donors (Lipinski definition) is 1. The summed E-state index contributed by atoms with van der Waals surface area (Å²) >= 11 is 0. The van der Waals surface area contributed by atoms with E-state index in [1.807, 2.05) is 12.5 Å². The number of aliphatic hydroxyl groups is 1. The minimum atomic E-state index is -1.79. The van der Waals surface area contributed by atoms with Crippen molar-refractivity contribution in [2.24, 2.45) is 23.2 Å². The van der Waals surface area contributed by atoms with Gasteiger partial charge in [-0.05, 0) is 85.4 Å². The summed E-state index contributed by atoms with van der Waals surface area (Å²) in [6, 6.07) is 8.87. The van der Waals surface area contributed by atoms with Gasteiger partial charge >= 0.3 is 0 Å². The fraction of sp³-hybridized carbons (Fsp3) is 0.679. The fourth-order valence-electron chi connectivity index (χ4n) is 7.79. The molecule has 1 N–H and O–H groups in total. The van der Waals surface area contributed by atoms with Crippen LogP contribution in [-0.2, 0) is 4.43 Å². The number of aromatic nitrogens is 2. The SMILES string of the molecule is CC(C)(C)[Si](C)(C)OC1C2CC3CC1CC(C(O)CC1c4ccccc4-c4cncn41)(C3)C2. The van der Waals surface area contributed by atoms with Gasteiger partial charge in [0.2, 0.25) is 0 Å². The van der Waals surface area contributed by atoms with Crippen LogP contribution < -0.4 is 0 Å². The van der Waals surface area contributed by atoms with Crippen molar-refractivity contribution in [3.05, 3.63) is 42.4 Å². The average molecular weight is 465 g/mol. The molecule has 2 heterocycles. The number of aliphatic hydroxyl groups excluding tert-OH is 1. The number of rotatable bonds is 5. The molecule has 33 heavy (non-hydrogen) atoms. The van der Waals surface area contributed by atoms with E-state index >= 15 is 0 Å². The second-order valence-electron chi connectivity index (χ2n) is 13.2. The second-order valence-corrected chi connectivity index (χ2v) is 18.0. The van der Waals surface area contributed by atoms with Crippen molar-refractivity contribution < 1.29 is 9.53 Å². The molecular formula is C28H40N2O2Si. The molecule has 5 heteroatoms. The zero-order chi connectivity index (χ0) is 23.2. The van der Waals surface area contributed by atoms with Crippen LogP contribution in [0.15, 0.2) is 36.8 Å². The molecule has 7 rings (SSSR count). The summed E-state index contributed by atoms with van der Waals surface area (Å²) in [5.74, 6) is 2.02. The Labute approximate surface area is 199 Å². The summed E-state index contributed by atoms with van der Waals surface area (Å²) in [6.45, 7) is 11.9. The minimum absolute atomic E-state index is 0.0715. The highest BCUT2D eigenvalue weighted by molar-refractivity contribution is 6.74. The molecule has 0 saturated heterocycles. The van der Waals surface area contributed by atoms with Crippen LogP contribution in [0.5, 0.6) is 0 Å². The van der Waals surface area contributed by atoms with E-state index in [0.717, 1.165) is 25.2 Å². The molecule has 4 aliphatic carbocycles. The van der Waals surface area contributed by atoms with Crippen LogP contribution in [0, 0.1) is 23.2 Å². The van der Waals surface area contributed by atoms with Crippen molar-refractivity contribution in [2.75, 3.05) is 0 Å². The maximum absolute atomic E-state index is 11.8. The van der Waals surface area contributed by atoms with Crippen LogP contribution in [0.4, 0.5) is 0 Å². The Morgan fingerprint density at radius 2 is 1.85 bits per heavy atom. The van der Waals surface area contributed by atoms with Gasteiger partial charge in [-0.3, -0.25) is 0 Å². The quantitative estimate of drug-likeness (QED) is 0.519. The normalized spacial score (nSPS) is 35.5. The van der Waals surface area contributed by atoms with Gasteiger partial charge in [0.1, 0.15) is 0 Å². The summed E-state index contributed by atoms with van der Waals surface area (Å²) in [5.41, 5.74) is 3.89. The first-order chi connectivity index (χ1) is 15.6. The van der Waals surface area contributed by atoms with Gasteiger partial charge in [0.05, 0.1) is 36.5 Å². The number of nitrogens with zero attached hydrogens (tertiary/aromatic N) is 2. The monoisotopic (exact) mass is 464 g/mol. The number of hydrogen-bond acceptors (Lipinski definition) is 3. The van der Waals surface area contributed by atoms with Crippen LogP contribution in [0.25, 0.3) is 11.3 Å². The summed E-state index contributed by atoms with van der Waals surface area (Å²) in [6.07, 6.45) is 11.0. The zero-order valence-corrected chi connectivity index (χ0v) is 21.9. The van der Waals surface area contributed by atoms with E-state index in [0.29, 0.717) is 17.9 Å². The lowest BCUT2D eigenvalue weighted by atomic mass is 9.47. The summed E-state index contributed by atoms with van der Waals surface area (Å²) in [7, 11) is -1.79. The van der Waals surface area contributed by atoms with Gasteiger partial charge in [0.25, 0.3) is 0 Å². The van der Waals surface area contributed by atoms with Gasteiger partial charge in [-0.2, -0.15) is 0 Å². The third-order valence-corrected chi connectivity index (χ3v) is 14.7. The molecule has 4 unspecified atom stereocenters. The highest BCUT2D eigenvalue weighted by Gasteiger charge is 2.59. The van der Waals surface area contributed by atoms with Gasteiger partial charge in [0.15, 0.2) is 8.32 Å². The van der Waals surface area contributed by atoms with Crippen LogP contribution in [0.2, 0.25) is 18.1 Å². The standard InChI is InChI=1S/C28H40N2O2Si/c1-27(2,3)33(4,5)32-26-19-10-18-11-20(26)15-28(13-18,14-19)25(31)12-23-21-8-6-7-9-22(21)24-16-29-17-30(23)24/h6-9,16-20,23,25-26,31H,10-15H2,1-5H3. The van der Waals surface area contributed by atoms with Gasteiger partial charge in [-0.1, -0.05) is 45.0 Å². The van der Waals surface area contributed by atoms with Crippen molar-refractivity contribution in [2.45, 2.75) is 95.7 Å². The molecule has 0 radical (unpaired) electrons. The molecule has 2 aromatic rings. The summed E-state index contributed by atoms with van der Waals surface area (Å²) < 4.78 is 9.35. The average Bonchev–Trinajstić information content (AvgIpc) is 3.32. The van der Waals surface area contributed by atoms with Crippen molar-refractivity contribution >= 4 is 8.32 Å². The maximum atomic E-state index is 11.8. The molecule has 4 bridgehead atoms. The Kier molecular flexibility index (Phi) is 4.87. The van der Waals surface area contributed by atoms with E-state index in [4.69, 9.17) is 4.43 Å². The van der Waals surface area contributed by atoms with Crippen molar-refractivity contribution in [1.82, 2.24) is 9.55 Å². The number of benzene rings is 1. The van der Waals surface area contributed by atoms with E-state index in [-0.39, 0.29) is 22.6 Å². The lowest BCUT2D eigenvalue weighted by Crippen LogP contribution is -2.60. The molecule has 1 aromatic carbocycles. The van der Waals surface area contributed by atoms with E-state index in [2.05, 4.69) is 67.7 Å². The lowest BCUT2D eigenvalue weighted by molar-refractivity contribution is -0.169. The molecular weight excluding hydrogens is 424 g/mol. The number of imidazole rings is 1. The molecule has 4 saturated carbocycles. The van der Waals surface area contributed by atoms with Crippen molar-refractivity contribution in [3.63, 3.8) is 0 Å². The predicted molar refractivity (Wildman–Crippen MR) is 134 cm³/mol. The third kappa shape index (κ3) is 3.33. The van der Waals surface area contributed by atoms with Gasteiger partial charge in [-0.15, -0.1) is 0 Å². The van der Waals surface area contributed by atoms with E-state index in [1.54, 1.807) is 0 Å². The van der Waals surface area contributed by atoms with Crippen molar-refractivity contribution in [1.29, 1.82) is 0 Å². The minimum Gasteiger partial charge on any atom is -0.413 e. The molecule has 0 amide bonds. The molecule has 0 spiro atoms. The molecule has 178 valence electrons. The smallest absolute Gasteiger partial charge is 0.192 e. The van der Waals surface area contributed by atoms with Crippen LogP contribution in [-0.4, -0.2) is 35.2 Å². The fourth-order valence-corrected chi connectivity index (χ4v) is 9.21. The van der Waals surface area contributed by atoms with Crippen LogP contribution in [0.1, 0.15) is 70.9 Å². The molecule has 5 aliphatic rings. The first kappa shape index (κ1) is 22.1. The Bertz CT molecular complexity index is 1040. The largest absolute Gasteiger partial charge is 0.413 e. The topological polar surface area (TPSA) is 47.3 Å². The third-order valence-electron chi connectivity index (χ3n) is 10.2. The number of fused-ring (bicyclic) bond motifs is 3. The van der Waals surface area contributed by atoms with Crippen LogP contribution in [0.3, 0.4) is 0 Å². The molecule has 1 aliphatic heterocycles.